The van der Waals surface area contributed by atoms with Crippen molar-refractivity contribution in [2.75, 3.05) is 6.61 Å². The van der Waals surface area contributed by atoms with E-state index in [4.69, 9.17) is 16.3 Å². The van der Waals surface area contributed by atoms with Gasteiger partial charge in [-0.3, -0.25) is 0 Å². The van der Waals surface area contributed by atoms with Gasteiger partial charge in [-0.2, -0.15) is 0 Å². The van der Waals surface area contributed by atoms with Crippen molar-refractivity contribution in [1.29, 1.82) is 0 Å². The summed E-state index contributed by atoms with van der Waals surface area (Å²) in [5.74, 6) is 0.153. The number of nitrogens with zero attached hydrogens (tertiary/aromatic N) is 3. The minimum atomic E-state index is -0.465. The summed E-state index contributed by atoms with van der Waals surface area (Å²) >= 11 is 5.80. The molecule has 1 aromatic rings. The molecule has 0 aliphatic carbocycles. The van der Waals surface area contributed by atoms with Crippen molar-refractivity contribution in [1.82, 2.24) is 15.0 Å². The summed E-state index contributed by atoms with van der Waals surface area (Å²) in [5, 5.41) is 7.72. The van der Waals surface area contributed by atoms with Gasteiger partial charge in [-0.1, -0.05) is 19.1 Å². The predicted octanol–water partition coefficient (Wildman–Crippen LogP) is 1.85. The molecule has 0 saturated carbocycles. The van der Waals surface area contributed by atoms with Gasteiger partial charge in [0.05, 0.1) is 18.2 Å². The van der Waals surface area contributed by atoms with Crippen LogP contribution in [0.5, 0.6) is 0 Å². The van der Waals surface area contributed by atoms with E-state index in [1.54, 1.807) is 11.6 Å². The number of hydrogen-bond donors (Lipinski definition) is 0. The summed E-state index contributed by atoms with van der Waals surface area (Å²) in [6, 6.07) is 0. The smallest absolute Gasteiger partial charge is 0.360 e. The van der Waals surface area contributed by atoms with Crippen LogP contribution in [0.25, 0.3) is 0 Å². The van der Waals surface area contributed by atoms with E-state index in [9.17, 15) is 4.79 Å². The summed E-state index contributed by atoms with van der Waals surface area (Å²) < 4.78 is 6.53. The molecular formula is C10H16ClN3O2. The van der Waals surface area contributed by atoms with Crippen molar-refractivity contribution in [3.8, 4) is 0 Å². The molecule has 1 heterocycles. The minimum absolute atomic E-state index is 0.202. The highest BCUT2D eigenvalue weighted by Crippen LogP contribution is 2.12. The molecule has 0 aliphatic rings. The number of halogens is 1. The second-order valence-electron chi connectivity index (χ2n) is 3.81. The number of carbonyl (C=O) groups is 1. The standard InChI is InChI=1S/C10H16ClN3O2/c1-4-16-10(15)9-8(5-11)14(13-12-9)6-7(2)3/h7H,4-6H2,1-3H3. The topological polar surface area (TPSA) is 57.0 Å². The number of ether oxygens (including phenoxy) is 1. The fourth-order valence-electron chi connectivity index (χ4n) is 1.32. The molecule has 0 aliphatic heterocycles. The van der Waals surface area contributed by atoms with Gasteiger partial charge in [-0.25, -0.2) is 9.48 Å². The molecule has 6 heteroatoms. The second-order valence-corrected chi connectivity index (χ2v) is 4.08. The molecule has 0 bridgehead atoms. The van der Waals surface area contributed by atoms with E-state index in [0.717, 1.165) is 0 Å². The van der Waals surface area contributed by atoms with Crippen molar-refractivity contribution < 1.29 is 9.53 Å². The highest BCUT2D eigenvalue weighted by atomic mass is 35.5. The van der Waals surface area contributed by atoms with Crippen LogP contribution in [0.4, 0.5) is 0 Å². The Balaban J connectivity index is 2.94. The number of rotatable bonds is 5. The van der Waals surface area contributed by atoms with Crippen LogP contribution >= 0.6 is 11.6 Å². The van der Waals surface area contributed by atoms with Crippen LogP contribution in [0.2, 0.25) is 0 Å². The Kier molecular flexibility index (Phi) is 4.73. The third-order valence-corrected chi connectivity index (χ3v) is 2.22. The van der Waals surface area contributed by atoms with E-state index in [-0.39, 0.29) is 11.6 Å². The molecule has 0 saturated heterocycles. The molecule has 0 radical (unpaired) electrons. The van der Waals surface area contributed by atoms with Crippen molar-refractivity contribution >= 4 is 17.6 Å². The fourth-order valence-corrected chi connectivity index (χ4v) is 1.58. The summed E-state index contributed by atoms with van der Waals surface area (Å²) in [4.78, 5) is 11.5. The lowest BCUT2D eigenvalue weighted by Gasteiger charge is -2.07. The molecule has 16 heavy (non-hydrogen) atoms. The van der Waals surface area contributed by atoms with Gasteiger partial charge in [0.15, 0.2) is 5.69 Å². The molecule has 0 spiro atoms. The van der Waals surface area contributed by atoms with Crippen molar-refractivity contribution in [3.63, 3.8) is 0 Å². The predicted molar refractivity (Wildman–Crippen MR) is 60.4 cm³/mol. The molecule has 90 valence electrons. The molecular weight excluding hydrogens is 230 g/mol. The zero-order valence-electron chi connectivity index (χ0n) is 9.73. The van der Waals surface area contributed by atoms with Crippen molar-refractivity contribution in [2.45, 2.75) is 33.2 Å². The SMILES string of the molecule is CCOC(=O)c1nnn(CC(C)C)c1CCl. The van der Waals surface area contributed by atoms with Gasteiger partial charge in [0.2, 0.25) is 0 Å². The average molecular weight is 246 g/mol. The Morgan fingerprint density at radius 3 is 2.75 bits per heavy atom. The molecule has 0 atom stereocenters. The van der Waals surface area contributed by atoms with E-state index >= 15 is 0 Å². The number of hydrogen-bond acceptors (Lipinski definition) is 4. The van der Waals surface area contributed by atoms with Gasteiger partial charge < -0.3 is 4.74 Å². The van der Waals surface area contributed by atoms with Crippen molar-refractivity contribution in [3.05, 3.63) is 11.4 Å². The van der Waals surface area contributed by atoms with E-state index in [0.29, 0.717) is 24.8 Å². The number of alkyl halides is 1. The van der Waals surface area contributed by atoms with Crippen LogP contribution in [0.1, 0.15) is 37.0 Å². The maximum atomic E-state index is 11.5. The molecule has 1 aromatic heterocycles. The number of carbonyl (C=O) groups excluding carboxylic acids is 1. The first kappa shape index (κ1) is 13.0. The lowest BCUT2D eigenvalue weighted by Crippen LogP contribution is -2.12. The Morgan fingerprint density at radius 2 is 2.25 bits per heavy atom. The first-order chi connectivity index (χ1) is 7.60. The summed E-state index contributed by atoms with van der Waals surface area (Å²) in [6.07, 6.45) is 0. The Morgan fingerprint density at radius 1 is 1.56 bits per heavy atom. The van der Waals surface area contributed by atoms with Gasteiger partial charge >= 0.3 is 5.97 Å². The normalized spacial score (nSPS) is 10.8. The van der Waals surface area contributed by atoms with Crippen LogP contribution in [0, 0.1) is 5.92 Å². The number of esters is 1. The van der Waals surface area contributed by atoms with E-state index < -0.39 is 5.97 Å². The maximum Gasteiger partial charge on any atom is 0.360 e. The Hall–Kier alpha value is -1.10. The molecule has 0 unspecified atom stereocenters. The molecule has 0 amide bonds. The fraction of sp³-hybridized carbons (Fsp3) is 0.700. The summed E-state index contributed by atoms with van der Waals surface area (Å²) in [5.41, 5.74) is 0.839. The third-order valence-electron chi connectivity index (χ3n) is 1.97. The zero-order valence-corrected chi connectivity index (χ0v) is 10.5. The van der Waals surface area contributed by atoms with Crippen LogP contribution in [-0.4, -0.2) is 27.6 Å². The largest absolute Gasteiger partial charge is 0.461 e. The molecule has 0 aromatic carbocycles. The third kappa shape index (κ3) is 2.95. The van der Waals surface area contributed by atoms with Crippen LogP contribution < -0.4 is 0 Å². The second kappa shape index (κ2) is 5.84. The lowest BCUT2D eigenvalue weighted by molar-refractivity contribution is 0.0518. The molecule has 0 N–H and O–H groups in total. The van der Waals surface area contributed by atoms with Gasteiger partial charge in [0, 0.05) is 6.54 Å². The van der Waals surface area contributed by atoms with Crippen LogP contribution in [0.15, 0.2) is 0 Å². The quantitative estimate of drug-likeness (QED) is 0.587. The molecule has 1 rings (SSSR count). The first-order valence-electron chi connectivity index (χ1n) is 5.25. The molecule has 0 fully saturated rings. The van der Waals surface area contributed by atoms with Crippen LogP contribution in [0.3, 0.4) is 0 Å². The average Bonchev–Trinajstić information content (AvgIpc) is 2.60. The van der Waals surface area contributed by atoms with Gasteiger partial charge in [0.1, 0.15) is 0 Å². The lowest BCUT2D eigenvalue weighted by atomic mass is 10.2. The summed E-state index contributed by atoms with van der Waals surface area (Å²) in [6.45, 7) is 6.87. The number of aromatic nitrogens is 3. The van der Waals surface area contributed by atoms with Crippen molar-refractivity contribution in [2.24, 2.45) is 5.92 Å². The molecule has 5 nitrogen and oxygen atoms in total. The van der Waals surface area contributed by atoms with Gasteiger partial charge in [-0.15, -0.1) is 16.7 Å². The van der Waals surface area contributed by atoms with Gasteiger partial charge in [0.25, 0.3) is 0 Å². The Labute approximate surface area is 99.7 Å². The van der Waals surface area contributed by atoms with Gasteiger partial charge in [-0.05, 0) is 12.8 Å². The van der Waals surface area contributed by atoms with E-state index in [2.05, 4.69) is 24.2 Å². The van der Waals surface area contributed by atoms with E-state index in [1.165, 1.54) is 0 Å². The minimum Gasteiger partial charge on any atom is -0.461 e. The zero-order chi connectivity index (χ0) is 12.1. The summed E-state index contributed by atoms with van der Waals surface area (Å²) in [7, 11) is 0. The Bertz CT molecular complexity index is 363. The highest BCUT2D eigenvalue weighted by Gasteiger charge is 2.20. The monoisotopic (exact) mass is 245 g/mol. The maximum absolute atomic E-state index is 11.5. The van der Waals surface area contributed by atoms with Crippen LogP contribution in [-0.2, 0) is 17.2 Å². The highest BCUT2D eigenvalue weighted by molar-refractivity contribution is 6.17. The van der Waals surface area contributed by atoms with E-state index in [1.807, 2.05) is 0 Å². The first-order valence-corrected chi connectivity index (χ1v) is 5.79.